The Kier molecular flexibility index (Phi) is 4.80. The van der Waals surface area contributed by atoms with Crippen LogP contribution >= 0.6 is 0 Å². The van der Waals surface area contributed by atoms with E-state index >= 15 is 0 Å². The molecule has 1 unspecified atom stereocenters. The molecule has 0 fully saturated rings. The van der Waals surface area contributed by atoms with Crippen LogP contribution in [0.3, 0.4) is 0 Å². The maximum Gasteiger partial charge on any atom is 0.267 e. The summed E-state index contributed by atoms with van der Waals surface area (Å²) in [5, 5.41) is 16.7. The third-order valence-electron chi connectivity index (χ3n) is 1.69. The Morgan fingerprint density at radius 2 is 2.12 bits per heavy atom. The molecule has 6 nitrogen and oxygen atoms in total. The largest absolute Gasteiger partial charge is 0.304 e. The van der Waals surface area contributed by atoms with Gasteiger partial charge in [0.1, 0.15) is 11.0 Å². The molecule has 1 aromatic carbocycles. The molecule has 86 valence electrons. The van der Waals surface area contributed by atoms with Crippen molar-refractivity contribution in [2.24, 2.45) is 0 Å². The summed E-state index contributed by atoms with van der Waals surface area (Å²) in [6, 6.07) is 6.39. The van der Waals surface area contributed by atoms with Crippen LogP contribution in [-0.4, -0.2) is 20.5 Å². The highest BCUT2D eigenvalue weighted by atomic mass is 32.2. The molecule has 4 N–H and O–H groups in total. The number of rotatable bonds is 4. The molecule has 0 spiro atoms. The highest BCUT2D eigenvalue weighted by molar-refractivity contribution is 7.82. The van der Waals surface area contributed by atoms with E-state index < -0.39 is 16.9 Å². The van der Waals surface area contributed by atoms with Crippen molar-refractivity contribution in [3.63, 3.8) is 0 Å². The molecule has 0 saturated heterocycles. The van der Waals surface area contributed by atoms with Crippen LogP contribution in [0.25, 0.3) is 6.08 Å². The summed E-state index contributed by atoms with van der Waals surface area (Å²) in [6.45, 7) is 0. The van der Waals surface area contributed by atoms with Crippen molar-refractivity contribution < 1.29 is 19.4 Å². The van der Waals surface area contributed by atoms with Crippen molar-refractivity contribution in [3.05, 3.63) is 35.9 Å². The van der Waals surface area contributed by atoms with Crippen LogP contribution in [0.15, 0.2) is 35.2 Å². The summed E-state index contributed by atoms with van der Waals surface area (Å²) in [5.74, 6) is -0.660. The van der Waals surface area contributed by atoms with Crippen LogP contribution in [0.5, 0.6) is 0 Å². The van der Waals surface area contributed by atoms with Gasteiger partial charge in [-0.25, -0.2) is 9.69 Å². The lowest BCUT2D eigenvalue weighted by Crippen LogP contribution is -2.14. The summed E-state index contributed by atoms with van der Waals surface area (Å²) in [4.78, 5) is 12.7. The first-order valence-corrected chi connectivity index (χ1v) is 5.36. The fraction of sp³-hybridized carbons (Fsp3) is 0. The molecule has 0 aliphatic carbocycles. The molecular formula is C9H10N2O4S. The van der Waals surface area contributed by atoms with Gasteiger partial charge < -0.3 is 5.21 Å². The van der Waals surface area contributed by atoms with Crippen molar-refractivity contribution in [1.82, 2.24) is 10.4 Å². The van der Waals surface area contributed by atoms with Gasteiger partial charge in [0.05, 0.1) is 4.90 Å². The van der Waals surface area contributed by atoms with Crippen molar-refractivity contribution in [1.29, 1.82) is 0 Å². The van der Waals surface area contributed by atoms with E-state index in [9.17, 15) is 9.00 Å². The van der Waals surface area contributed by atoms with Gasteiger partial charge in [-0.15, -0.1) is 4.89 Å². The third-order valence-corrected chi connectivity index (χ3v) is 2.54. The molecule has 1 amide bonds. The minimum absolute atomic E-state index is 0.369. The van der Waals surface area contributed by atoms with Gasteiger partial charge in [-0.3, -0.25) is 10.0 Å². The van der Waals surface area contributed by atoms with Gasteiger partial charge in [-0.2, -0.15) is 0 Å². The Bertz CT molecular complexity index is 433. The minimum Gasteiger partial charge on any atom is -0.304 e. The number of nitrogens with one attached hydrogen (secondary N) is 2. The van der Waals surface area contributed by atoms with Gasteiger partial charge in [0, 0.05) is 6.08 Å². The second-order valence-electron chi connectivity index (χ2n) is 2.74. The number of carbonyl (C=O) groups is 1. The molecular weight excluding hydrogens is 232 g/mol. The molecule has 0 aromatic heterocycles. The van der Waals surface area contributed by atoms with E-state index in [0.29, 0.717) is 10.5 Å². The monoisotopic (exact) mass is 242 g/mol. The number of benzene rings is 1. The molecule has 7 heteroatoms. The van der Waals surface area contributed by atoms with Crippen molar-refractivity contribution >= 4 is 23.0 Å². The topological polar surface area (TPSA) is 98.7 Å². The molecule has 0 bridgehead atoms. The number of hydroxylamine groups is 1. The quantitative estimate of drug-likeness (QED) is 0.344. The zero-order valence-corrected chi connectivity index (χ0v) is 8.90. The molecule has 0 heterocycles. The van der Waals surface area contributed by atoms with Crippen LogP contribution < -0.4 is 10.4 Å². The predicted octanol–water partition coefficient (Wildman–Crippen LogP) is 0.207. The summed E-state index contributed by atoms with van der Waals surface area (Å²) < 4.78 is 11.2. The van der Waals surface area contributed by atoms with Crippen molar-refractivity contribution in [2.45, 2.75) is 4.90 Å². The summed E-state index contributed by atoms with van der Waals surface area (Å²) in [7, 11) is -1.69. The lowest BCUT2D eigenvalue weighted by molar-refractivity contribution is -0.124. The van der Waals surface area contributed by atoms with E-state index in [1.54, 1.807) is 23.1 Å². The highest BCUT2D eigenvalue weighted by Gasteiger charge is 2.01. The first kappa shape index (κ1) is 12.5. The van der Waals surface area contributed by atoms with Gasteiger partial charge in [-0.05, 0) is 23.8 Å². The fourth-order valence-corrected chi connectivity index (χ4v) is 1.55. The Labute approximate surface area is 94.1 Å². The van der Waals surface area contributed by atoms with Crippen LogP contribution in [-0.2, 0) is 15.8 Å². The van der Waals surface area contributed by atoms with Crippen LogP contribution in [0.2, 0.25) is 0 Å². The van der Waals surface area contributed by atoms with Gasteiger partial charge >= 0.3 is 0 Å². The van der Waals surface area contributed by atoms with Gasteiger partial charge in [0.15, 0.2) is 0 Å². The number of amides is 1. The van der Waals surface area contributed by atoms with E-state index in [4.69, 9.17) is 10.4 Å². The van der Waals surface area contributed by atoms with E-state index in [1.807, 2.05) is 0 Å². The maximum atomic E-state index is 11.2. The summed E-state index contributed by atoms with van der Waals surface area (Å²) in [5.41, 5.74) is 2.06. The Balaban J connectivity index is 2.86. The second-order valence-corrected chi connectivity index (χ2v) is 3.93. The molecule has 1 aromatic rings. The molecule has 1 atom stereocenters. The van der Waals surface area contributed by atoms with Gasteiger partial charge in [0.2, 0.25) is 0 Å². The maximum absolute atomic E-state index is 11.2. The van der Waals surface area contributed by atoms with E-state index in [2.05, 4.69) is 0 Å². The standard InChI is InChI=1S/C9H10N2O4S/c12-9(10-13)5-4-7-2-1-3-8(6-7)16(15)11-14/h1-6,11,13-14H,(H,10,12). The Hall–Kier alpha value is -1.54. The SMILES string of the molecule is O=C(C=Cc1cccc(S(=O)NO)c1)NO. The third kappa shape index (κ3) is 3.55. The minimum atomic E-state index is -1.69. The Morgan fingerprint density at radius 3 is 2.75 bits per heavy atom. The average Bonchev–Trinajstić information content (AvgIpc) is 2.35. The molecule has 0 saturated carbocycles. The van der Waals surface area contributed by atoms with Crippen molar-refractivity contribution in [3.8, 4) is 0 Å². The van der Waals surface area contributed by atoms with E-state index in [0.717, 1.165) is 6.08 Å². The normalized spacial score (nSPS) is 12.6. The Morgan fingerprint density at radius 1 is 1.38 bits per heavy atom. The lowest BCUT2D eigenvalue weighted by atomic mass is 10.2. The zero-order chi connectivity index (χ0) is 12.0. The summed E-state index contributed by atoms with van der Waals surface area (Å²) in [6.07, 6.45) is 2.55. The molecule has 0 aliphatic heterocycles. The second kappa shape index (κ2) is 6.13. The molecule has 0 radical (unpaired) electrons. The molecule has 1 rings (SSSR count). The number of carbonyl (C=O) groups excluding carboxylic acids is 1. The molecule has 0 aliphatic rings. The smallest absolute Gasteiger partial charge is 0.267 e. The highest BCUT2D eigenvalue weighted by Crippen LogP contribution is 2.09. The fourth-order valence-electron chi connectivity index (χ4n) is 0.995. The van der Waals surface area contributed by atoms with Crippen molar-refractivity contribution in [2.75, 3.05) is 0 Å². The van der Waals surface area contributed by atoms with Gasteiger partial charge in [-0.1, -0.05) is 12.1 Å². The van der Waals surface area contributed by atoms with Crippen LogP contribution in [0.4, 0.5) is 0 Å². The first-order valence-electron chi connectivity index (χ1n) is 4.21. The number of hydrogen-bond acceptors (Lipinski definition) is 4. The van der Waals surface area contributed by atoms with Gasteiger partial charge in [0.25, 0.3) is 5.91 Å². The summed E-state index contributed by atoms with van der Waals surface area (Å²) >= 11 is 0. The predicted molar refractivity (Wildman–Crippen MR) is 56.7 cm³/mol. The van der Waals surface area contributed by atoms with E-state index in [1.165, 1.54) is 17.6 Å². The number of hydrogen-bond donors (Lipinski definition) is 4. The van der Waals surface area contributed by atoms with Crippen LogP contribution in [0.1, 0.15) is 5.56 Å². The zero-order valence-electron chi connectivity index (χ0n) is 8.08. The van der Waals surface area contributed by atoms with E-state index in [-0.39, 0.29) is 0 Å². The lowest BCUT2D eigenvalue weighted by Gasteiger charge is -2.00. The first-order chi connectivity index (χ1) is 7.67. The molecule has 16 heavy (non-hydrogen) atoms. The average molecular weight is 242 g/mol. The van der Waals surface area contributed by atoms with Crippen LogP contribution in [0, 0.1) is 0 Å².